The SMILES string of the molecule is C[C@@H](OC(=O)Cc1ccc(Cl)c(Cl)c1)C(=O)NC(N)=O. The number of nitrogens with one attached hydrogen (secondary N) is 1. The van der Waals surface area contributed by atoms with Crippen LogP contribution in [0.1, 0.15) is 12.5 Å². The number of rotatable bonds is 4. The van der Waals surface area contributed by atoms with Gasteiger partial charge >= 0.3 is 12.0 Å². The van der Waals surface area contributed by atoms with E-state index < -0.39 is 24.0 Å². The third-order valence-electron chi connectivity index (χ3n) is 2.26. The van der Waals surface area contributed by atoms with E-state index >= 15 is 0 Å². The van der Waals surface area contributed by atoms with Gasteiger partial charge in [-0.3, -0.25) is 14.9 Å². The first-order valence-electron chi connectivity index (χ1n) is 5.53. The summed E-state index contributed by atoms with van der Waals surface area (Å²) < 4.78 is 4.85. The van der Waals surface area contributed by atoms with Crippen LogP contribution in [0.4, 0.5) is 4.79 Å². The number of hydrogen-bond acceptors (Lipinski definition) is 4. The minimum atomic E-state index is -1.13. The van der Waals surface area contributed by atoms with Crippen molar-refractivity contribution in [2.24, 2.45) is 5.73 Å². The first-order valence-corrected chi connectivity index (χ1v) is 6.29. The Hall–Kier alpha value is -1.79. The van der Waals surface area contributed by atoms with Gasteiger partial charge in [0.15, 0.2) is 6.10 Å². The lowest BCUT2D eigenvalue weighted by Crippen LogP contribution is -2.42. The van der Waals surface area contributed by atoms with Gasteiger partial charge in [0.1, 0.15) is 0 Å². The lowest BCUT2D eigenvalue weighted by molar-refractivity contribution is -0.153. The Morgan fingerprint density at radius 3 is 2.50 bits per heavy atom. The van der Waals surface area contributed by atoms with Crippen LogP contribution in [0.5, 0.6) is 0 Å². The van der Waals surface area contributed by atoms with E-state index in [4.69, 9.17) is 33.7 Å². The molecular weight excluding hydrogens is 307 g/mol. The number of hydrogen-bond donors (Lipinski definition) is 2. The molecule has 8 heteroatoms. The highest BCUT2D eigenvalue weighted by Gasteiger charge is 2.19. The lowest BCUT2D eigenvalue weighted by Gasteiger charge is -2.12. The molecule has 108 valence electrons. The molecule has 0 bridgehead atoms. The van der Waals surface area contributed by atoms with Gasteiger partial charge < -0.3 is 10.5 Å². The Balaban J connectivity index is 2.56. The first kappa shape index (κ1) is 16.3. The van der Waals surface area contributed by atoms with Gasteiger partial charge in [-0.05, 0) is 24.6 Å². The number of carbonyl (C=O) groups excluding carboxylic acids is 3. The fourth-order valence-corrected chi connectivity index (χ4v) is 1.65. The third kappa shape index (κ3) is 5.07. The Labute approximate surface area is 125 Å². The zero-order valence-electron chi connectivity index (χ0n) is 10.5. The summed E-state index contributed by atoms with van der Waals surface area (Å²) in [4.78, 5) is 33.4. The average Bonchev–Trinajstić information content (AvgIpc) is 2.32. The van der Waals surface area contributed by atoms with Crippen molar-refractivity contribution < 1.29 is 19.1 Å². The Morgan fingerprint density at radius 1 is 1.30 bits per heavy atom. The zero-order valence-corrected chi connectivity index (χ0v) is 12.0. The molecule has 1 atom stereocenters. The smallest absolute Gasteiger partial charge is 0.318 e. The van der Waals surface area contributed by atoms with Gasteiger partial charge in [0.2, 0.25) is 0 Å². The number of esters is 1. The monoisotopic (exact) mass is 318 g/mol. The predicted octanol–water partition coefficient (Wildman–Crippen LogP) is 1.66. The topological polar surface area (TPSA) is 98.5 Å². The molecular formula is C12H12Cl2N2O4. The highest BCUT2D eigenvalue weighted by atomic mass is 35.5. The molecule has 3 amide bonds. The van der Waals surface area contributed by atoms with Gasteiger partial charge in [-0.1, -0.05) is 29.3 Å². The second-order valence-corrected chi connectivity index (χ2v) is 4.73. The molecule has 3 N–H and O–H groups in total. The largest absolute Gasteiger partial charge is 0.452 e. The van der Waals surface area contributed by atoms with E-state index in [1.165, 1.54) is 13.0 Å². The molecule has 6 nitrogen and oxygen atoms in total. The summed E-state index contributed by atoms with van der Waals surface area (Å²) in [7, 11) is 0. The molecule has 0 unspecified atom stereocenters. The standard InChI is InChI=1S/C12H12Cl2N2O4/c1-6(11(18)16-12(15)19)20-10(17)5-7-2-3-8(13)9(14)4-7/h2-4,6H,5H2,1H3,(H3,15,16,18,19)/t6-/m1/s1. The molecule has 1 rings (SSSR count). The predicted molar refractivity (Wildman–Crippen MR) is 73.4 cm³/mol. The summed E-state index contributed by atoms with van der Waals surface area (Å²) in [5.74, 6) is -1.43. The summed E-state index contributed by atoms with van der Waals surface area (Å²) in [5.41, 5.74) is 5.37. The number of benzene rings is 1. The summed E-state index contributed by atoms with van der Waals surface area (Å²) >= 11 is 11.6. The number of halogens is 2. The molecule has 0 aliphatic carbocycles. The van der Waals surface area contributed by atoms with E-state index in [9.17, 15) is 14.4 Å². The van der Waals surface area contributed by atoms with Crippen LogP contribution in [0.3, 0.4) is 0 Å². The molecule has 20 heavy (non-hydrogen) atoms. The number of amides is 3. The third-order valence-corrected chi connectivity index (χ3v) is 3.00. The molecule has 0 aliphatic rings. The average molecular weight is 319 g/mol. The summed E-state index contributed by atoms with van der Waals surface area (Å²) in [6.07, 6.45) is -1.21. The van der Waals surface area contributed by atoms with Crippen LogP contribution in [0, 0.1) is 0 Å². The van der Waals surface area contributed by atoms with Crippen LogP contribution in [0.2, 0.25) is 10.0 Å². The van der Waals surface area contributed by atoms with Crippen LogP contribution in [0.25, 0.3) is 0 Å². The van der Waals surface area contributed by atoms with Crippen LogP contribution in [0.15, 0.2) is 18.2 Å². The molecule has 0 heterocycles. The quantitative estimate of drug-likeness (QED) is 0.825. The van der Waals surface area contributed by atoms with Crippen LogP contribution in [-0.2, 0) is 20.7 Å². The van der Waals surface area contributed by atoms with Gasteiger partial charge in [-0.25, -0.2) is 4.79 Å². The van der Waals surface area contributed by atoms with Gasteiger partial charge in [0.25, 0.3) is 5.91 Å². The van der Waals surface area contributed by atoms with E-state index in [-0.39, 0.29) is 6.42 Å². The molecule has 0 saturated carbocycles. The van der Waals surface area contributed by atoms with Gasteiger partial charge in [0, 0.05) is 0 Å². The number of ether oxygens (including phenoxy) is 1. The van der Waals surface area contributed by atoms with Crippen molar-refractivity contribution in [1.82, 2.24) is 5.32 Å². The summed E-state index contributed by atoms with van der Waals surface area (Å²) in [5, 5.41) is 2.50. The fourth-order valence-electron chi connectivity index (χ4n) is 1.33. The maximum Gasteiger partial charge on any atom is 0.318 e. The van der Waals surface area contributed by atoms with Crippen molar-refractivity contribution in [3.63, 3.8) is 0 Å². The normalized spacial score (nSPS) is 11.6. The van der Waals surface area contributed by atoms with Crippen molar-refractivity contribution >= 4 is 41.1 Å². The Morgan fingerprint density at radius 2 is 1.95 bits per heavy atom. The number of carbonyl (C=O) groups is 3. The van der Waals surface area contributed by atoms with Crippen LogP contribution >= 0.6 is 23.2 Å². The van der Waals surface area contributed by atoms with Gasteiger partial charge in [-0.15, -0.1) is 0 Å². The van der Waals surface area contributed by atoms with Crippen molar-refractivity contribution in [1.29, 1.82) is 0 Å². The zero-order chi connectivity index (χ0) is 15.3. The van der Waals surface area contributed by atoms with Crippen molar-refractivity contribution in [3.8, 4) is 0 Å². The fraction of sp³-hybridized carbons (Fsp3) is 0.250. The molecule has 0 aliphatic heterocycles. The second-order valence-electron chi connectivity index (χ2n) is 3.91. The molecule has 0 radical (unpaired) electrons. The molecule has 0 aromatic heterocycles. The van der Waals surface area contributed by atoms with Crippen LogP contribution in [-0.4, -0.2) is 24.0 Å². The molecule has 1 aromatic rings. The van der Waals surface area contributed by atoms with Gasteiger partial charge in [-0.2, -0.15) is 0 Å². The minimum absolute atomic E-state index is 0.0783. The van der Waals surface area contributed by atoms with Crippen molar-refractivity contribution in [2.75, 3.05) is 0 Å². The highest BCUT2D eigenvalue weighted by molar-refractivity contribution is 6.42. The second kappa shape index (κ2) is 7.12. The molecule has 1 aromatic carbocycles. The summed E-state index contributed by atoms with van der Waals surface area (Å²) in [6, 6.07) is 3.68. The maximum atomic E-state index is 11.6. The lowest BCUT2D eigenvalue weighted by atomic mass is 10.1. The Bertz CT molecular complexity index is 548. The van der Waals surface area contributed by atoms with E-state index in [1.807, 2.05) is 5.32 Å². The molecule has 0 saturated heterocycles. The van der Waals surface area contributed by atoms with Crippen molar-refractivity contribution in [3.05, 3.63) is 33.8 Å². The number of imide groups is 1. The Kier molecular flexibility index (Phi) is 5.79. The van der Waals surface area contributed by atoms with Crippen LogP contribution < -0.4 is 11.1 Å². The first-order chi connectivity index (χ1) is 9.29. The summed E-state index contributed by atoms with van der Waals surface area (Å²) in [6.45, 7) is 1.32. The van der Waals surface area contributed by atoms with Gasteiger partial charge in [0.05, 0.1) is 16.5 Å². The number of urea groups is 1. The van der Waals surface area contributed by atoms with E-state index in [0.717, 1.165) is 0 Å². The molecule has 0 spiro atoms. The van der Waals surface area contributed by atoms with E-state index in [0.29, 0.717) is 15.6 Å². The number of nitrogens with two attached hydrogens (primary N) is 1. The minimum Gasteiger partial charge on any atom is -0.452 e. The number of primary amides is 1. The van der Waals surface area contributed by atoms with E-state index in [2.05, 4.69) is 0 Å². The van der Waals surface area contributed by atoms with Crippen molar-refractivity contribution in [2.45, 2.75) is 19.4 Å². The highest BCUT2D eigenvalue weighted by Crippen LogP contribution is 2.22. The molecule has 0 fully saturated rings. The maximum absolute atomic E-state index is 11.6. The van der Waals surface area contributed by atoms with E-state index in [1.54, 1.807) is 12.1 Å².